The summed E-state index contributed by atoms with van der Waals surface area (Å²) in [5.41, 5.74) is 5.19. The summed E-state index contributed by atoms with van der Waals surface area (Å²) in [5, 5.41) is 10.1. The van der Waals surface area contributed by atoms with E-state index in [2.05, 4.69) is 40.2 Å². The number of hydrogen-bond donors (Lipinski definition) is 1. The average Bonchev–Trinajstić information content (AvgIpc) is 3.43. The first-order valence-corrected chi connectivity index (χ1v) is 12.4. The molecule has 5 rings (SSSR count). The van der Waals surface area contributed by atoms with Gasteiger partial charge in [0.2, 0.25) is 0 Å². The summed E-state index contributed by atoms with van der Waals surface area (Å²) in [6.45, 7) is 0.559. The van der Waals surface area contributed by atoms with Crippen LogP contribution in [0.4, 0.5) is 4.79 Å². The molecule has 1 aliphatic heterocycles. The first kappa shape index (κ1) is 23.6. The van der Waals surface area contributed by atoms with E-state index < -0.39 is 30.1 Å². The van der Waals surface area contributed by atoms with Crippen LogP contribution in [0.15, 0.2) is 77.3 Å². The number of benzene rings is 3. The van der Waals surface area contributed by atoms with Gasteiger partial charge in [0, 0.05) is 24.0 Å². The van der Waals surface area contributed by atoms with Crippen LogP contribution in [0, 0.1) is 0 Å². The fraction of sp³-hybridized carbons (Fsp3) is 0.286. The van der Waals surface area contributed by atoms with Gasteiger partial charge in [-0.15, -0.1) is 0 Å². The zero-order chi connectivity index (χ0) is 24.5. The second-order valence-corrected chi connectivity index (χ2v) is 9.83. The molecule has 3 aromatic carbocycles. The zero-order valence-electron chi connectivity index (χ0n) is 19.3. The molecule has 0 saturated carbocycles. The Morgan fingerprint density at radius 1 is 1.00 bits per heavy atom. The van der Waals surface area contributed by atoms with E-state index in [0.717, 1.165) is 26.7 Å². The van der Waals surface area contributed by atoms with Crippen molar-refractivity contribution in [3.05, 3.63) is 94.0 Å². The molecule has 2 aliphatic rings. The lowest BCUT2D eigenvalue weighted by Crippen LogP contribution is -2.47. The van der Waals surface area contributed by atoms with Crippen LogP contribution in [-0.4, -0.2) is 54.5 Å². The lowest BCUT2D eigenvalue weighted by atomic mass is 9.88. The maximum absolute atomic E-state index is 13.4. The minimum atomic E-state index is -1.00. The molecule has 6 nitrogen and oxygen atoms in total. The van der Waals surface area contributed by atoms with Crippen LogP contribution in [0.1, 0.15) is 34.9 Å². The number of carboxylic acid groups (broad SMARTS) is 1. The van der Waals surface area contributed by atoms with Crippen molar-refractivity contribution in [2.24, 2.45) is 0 Å². The van der Waals surface area contributed by atoms with Crippen molar-refractivity contribution < 1.29 is 24.2 Å². The number of likely N-dealkylation sites (tertiary alicyclic amines) is 1. The Hall–Kier alpha value is -3.16. The molecule has 7 heteroatoms. The predicted octanol–water partition coefficient (Wildman–Crippen LogP) is 5.66. The molecular weight excluding hydrogens is 510 g/mol. The fourth-order valence-corrected chi connectivity index (χ4v) is 5.75. The lowest BCUT2D eigenvalue weighted by molar-refractivity contribution is -0.141. The Morgan fingerprint density at radius 3 is 2.17 bits per heavy atom. The van der Waals surface area contributed by atoms with Gasteiger partial charge in [-0.05, 0) is 46.4 Å². The number of hydrogen-bond acceptors (Lipinski definition) is 4. The van der Waals surface area contributed by atoms with Gasteiger partial charge in [-0.1, -0.05) is 76.6 Å². The Bertz CT molecular complexity index is 1200. The smallest absolute Gasteiger partial charge is 0.410 e. The van der Waals surface area contributed by atoms with E-state index >= 15 is 0 Å². The van der Waals surface area contributed by atoms with Crippen molar-refractivity contribution in [3.63, 3.8) is 0 Å². The van der Waals surface area contributed by atoms with Crippen LogP contribution >= 0.6 is 15.9 Å². The monoisotopic (exact) mass is 535 g/mol. The SMILES string of the molecule is CO[C@@H]1CCN(C(=O)OCC2c3ccccc3-c3ccccc32)[C@H]1[C@H](C(=O)O)c1ccc(Br)cc1. The summed E-state index contributed by atoms with van der Waals surface area (Å²) in [6.07, 6.45) is -0.369. The van der Waals surface area contributed by atoms with Gasteiger partial charge in [-0.3, -0.25) is 4.79 Å². The maximum atomic E-state index is 13.4. The lowest BCUT2D eigenvalue weighted by Gasteiger charge is -2.32. The predicted molar refractivity (Wildman–Crippen MR) is 135 cm³/mol. The van der Waals surface area contributed by atoms with Crippen LogP contribution < -0.4 is 0 Å². The summed E-state index contributed by atoms with van der Waals surface area (Å²) in [5.74, 6) is -2.00. The van der Waals surface area contributed by atoms with Gasteiger partial charge in [-0.2, -0.15) is 0 Å². The topological polar surface area (TPSA) is 76.1 Å². The number of rotatable bonds is 6. The summed E-state index contributed by atoms with van der Waals surface area (Å²) in [7, 11) is 1.55. The van der Waals surface area contributed by atoms with Crippen LogP contribution in [0.25, 0.3) is 11.1 Å². The molecule has 35 heavy (non-hydrogen) atoms. The van der Waals surface area contributed by atoms with Crippen molar-refractivity contribution in [1.82, 2.24) is 4.90 Å². The number of aliphatic carboxylic acids is 1. The highest BCUT2D eigenvalue weighted by atomic mass is 79.9. The van der Waals surface area contributed by atoms with Crippen LogP contribution in [0.3, 0.4) is 0 Å². The van der Waals surface area contributed by atoms with Crippen LogP contribution in [0.5, 0.6) is 0 Å². The highest BCUT2D eigenvalue weighted by Gasteiger charge is 2.46. The largest absolute Gasteiger partial charge is 0.481 e. The number of methoxy groups -OCH3 is 1. The molecule has 0 spiro atoms. The molecule has 3 atom stereocenters. The van der Waals surface area contributed by atoms with Gasteiger partial charge in [0.25, 0.3) is 0 Å². The van der Waals surface area contributed by atoms with Crippen LogP contribution in [0.2, 0.25) is 0 Å². The summed E-state index contributed by atoms with van der Waals surface area (Å²) >= 11 is 3.39. The molecule has 0 radical (unpaired) electrons. The number of carbonyl (C=O) groups is 2. The summed E-state index contributed by atoms with van der Waals surface area (Å²) < 4.78 is 12.3. The van der Waals surface area contributed by atoms with Gasteiger partial charge in [0.1, 0.15) is 12.5 Å². The third kappa shape index (κ3) is 4.34. The number of carboxylic acids is 1. The van der Waals surface area contributed by atoms with Crippen molar-refractivity contribution in [1.29, 1.82) is 0 Å². The Balaban J connectivity index is 1.39. The third-order valence-corrected chi connectivity index (χ3v) is 7.63. The number of halogens is 1. The quantitative estimate of drug-likeness (QED) is 0.441. The second kappa shape index (κ2) is 9.84. The number of amides is 1. The molecule has 1 N–H and O–H groups in total. The van der Waals surface area contributed by atoms with Gasteiger partial charge in [0.05, 0.1) is 12.1 Å². The van der Waals surface area contributed by atoms with Gasteiger partial charge >= 0.3 is 12.1 Å². The average molecular weight is 536 g/mol. The van der Waals surface area contributed by atoms with E-state index in [0.29, 0.717) is 18.5 Å². The molecule has 1 aliphatic carbocycles. The van der Waals surface area contributed by atoms with E-state index in [-0.39, 0.29) is 12.5 Å². The molecule has 0 unspecified atom stereocenters. The maximum Gasteiger partial charge on any atom is 0.410 e. The standard InChI is InChI=1S/C28H26BrNO5/c1-34-24-14-15-30(26(24)25(27(31)32)17-10-12-18(29)13-11-17)28(33)35-16-23-21-8-4-2-6-19(21)20-7-3-5-9-22(20)23/h2-13,23-26H,14-16H2,1H3,(H,31,32)/t24-,25-,26-/m1/s1. The molecule has 1 saturated heterocycles. The second-order valence-electron chi connectivity index (χ2n) is 8.92. The first-order valence-electron chi connectivity index (χ1n) is 11.6. The molecule has 0 aromatic heterocycles. The Labute approximate surface area is 212 Å². The van der Waals surface area contributed by atoms with Gasteiger partial charge in [-0.25, -0.2) is 4.79 Å². The first-order chi connectivity index (χ1) is 17.0. The fourth-order valence-electron chi connectivity index (χ4n) is 5.48. The molecule has 1 fully saturated rings. The van der Waals surface area contributed by atoms with E-state index in [9.17, 15) is 14.7 Å². The van der Waals surface area contributed by atoms with Crippen molar-refractivity contribution in [3.8, 4) is 11.1 Å². The van der Waals surface area contributed by atoms with Gasteiger partial charge in [0.15, 0.2) is 0 Å². The molecule has 1 amide bonds. The minimum Gasteiger partial charge on any atom is -0.481 e. The zero-order valence-corrected chi connectivity index (χ0v) is 20.9. The Morgan fingerprint density at radius 2 is 1.60 bits per heavy atom. The van der Waals surface area contributed by atoms with Crippen LogP contribution in [-0.2, 0) is 14.3 Å². The van der Waals surface area contributed by atoms with E-state index in [4.69, 9.17) is 9.47 Å². The summed E-state index contributed by atoms with van der Waals surface area (Å²) in [4.78, 5) is 27.3. The van der Waals surface area contributed by atoms with E-state index in [1.807, 2.05) is 24.3 Å². The van der Waals surface area contributed by atoms with E-state index in [1.54, 1.807) is 31.4 Å². The minimum absolute atomic E-state index is 0.0626. The molecule has 3 aromatic rings. The van der Waals surface area contributed by atoms with E-state index in [1.165, 1.54) is 4.90 Å². The number of fused-ring (bicyclic) bond motifs is 3. The van der Waals surface area contributed by atoms with Crippen molar-refractivity contribution >= 4 is 28.0 Å². The Kier molecular flexibility index (Phi) is 6.62. The summed E-state index contributed by atoms with van der Waals surface area (Å²) in [6, 6.07) is 22.8. The number of carbonyl (C=O) groups excluding carboxylic acids is 1. The highest BCUT2D eigenvalue weighted by Crippen LogP contribution is 2.44. The number of nitrogens with zero attached hydrogens (tertiary/aromatic N) is 1. The normalized spacial score (nSPS) is 19.8. The highest BCUT2D eigenvalue weighted by molar-refractivity contribution is 9.10. The van der Waals surface area contributed by atoms with Gasteiger partial charge < -0.3 is 19.5 Å². The molecular formula is C28H26BrNO5. The van der Waals surface area contributed by atoms with Crippen molar-refractivity contribution in [2.75, 3.05) is 20.3 Å². The number of ether oxygens (including phenoxy) is 2. The third-order valence-electron chi connectivity index (χ3n) is 7.11. The molecule has 0 bridgehead atoms. The molecule has 1 heterocycles. The van der Waals surface area contributed by atoms with Crippen molar-refractivity contribution in [2.45, 2.75) is 30.4 Å². The molecule has 180 valence electrons.